The Hall–Kier alpha value is -3.02. The lowest BCUT2D eigenvalue weighted by Gasteiger charge is -2.29. The molecule has 0 fully saturated rings. The molecule has 1 atom stereocenters. The van der Waals surface area contributed by atoms with E-state index in [1.54, 1.807) is 19.2 Å². The van der Waals surface area contributed by atoms with Gasteiger partial charge in [-0.2, -0.15) is 0 Å². The number of anilines is 1. The number of hydrogen-bond acceptors (Lipinski definition) is 5. The minimum atomic E-state index is -0.821. The highest BCUT2D eigenvalue weighted by Crippen LogP contribution is 2.40. The number of pyridine rings is 1. The van der Waals surface area contributed by atoms with Gasteiger partial charge in [-0.25, -0.2) is 4.79 Å². The Morgan fingerprint density at radius 3 is 2.61 bits per heavy atom. The Bertz CT molecular complexity index is 824. The van der Waals surface area contributed by atoms with E-state index in [2.05, 4.69) is 15.0 Å². The van der Waals surface area contributed by atoms with Crippen LogP contribution in [0.15, 0.2) is 58.8 Å². The predicted molar refractivity (Wildman–Crippen MR) is 85.2 cm³/mol. The van der Waals surface area contributed by atoms with Gasteiger partial charge in [0.25, 0.3) is 5.56 Å². The van der Waals surface area contributed by atoms with Gasteiger partial charge >= 0.3 is 6.16 Å². The number of H-pyrrole nitrogens is 1. The average Bonchev–Trinajstić information content (AvgIpc) is 2.56. The van der Waals surface area contributed by atoms with Crippen LogP contribution in [0.5, 0.6) is 0 Å². The molecule has 1 aliphatic rings. The van der Waals surface area contributed by atoms with Crippen LogP contribution < -0.4 is 10.9 Å². The number of fused-ring (bicyclic) bond motifs is 1. The number of nitrogens with one attached hydrogen (secondary N) is 2. The average molecular weight is 312 g/mol. The molecule has 1 aromatic heterocycles. The van der Waals surface area contributed by atoms with E-state index < -0.39 is 12.1 Å². The topological polar surface area (TPSA) is 80.4 Å². The van der Waals surface area contributed by atoms with Gasteiger partial charge in [0.05, 0.1) is 24.3 Å². The van der Waals surface area contributed by atoms with Gasteiger partial charge in [-0.15, -0.1) is 0 Å². The Labute approximate surface area is 132 Å². The summed E-state index contributed by atoms with van der Waals surface area (Å²) in [5, 5.41) is 3.11. The van der Waals surface area contributed by atoms with Crippen molar-refractivity contribution in [3.05, 3.63) is 75.5 Å². The molecule has 6 heteroatoms. The van der Waals surface area contributed by atoms with Gasteiger partial charge in [0.1, 0.15) is 5.76 Å². The van der Waals surface area contributed by atoms with E-state index in [0.717, 1.165) is 5.56 Å². The highest BCUT2D eigenvalue weighted by molar-refractivity contribution is 5.67. The summed E-state index contributed by atoms with van der Waals surface area (Å²) in [7, 11) is 1.24. The van der Waals surface area contributed by atoms with Gasteiger partial charge in [-0.05, 0) is 18.6 Å². The summed E-state index contributed by atoms with van der Waals surface area (Å²) < 4.78 is 9.93. The number of hydrogen-bond donors (Lipinski definition) is 2. The molecule has 23 heavy (non-hydrogen) atoms. The molecule has 1 unspecified atom stereocenters. The zero-order chi connectivity index (χ0) is 16.4. The van der Waals surface area contributed by atoms with E-state index in [4.69, 9.17) is 4.74 Å². The van der Waals surface area contributed by atoms with Crippen molar-refractivity contribution in [2.24, 2.45) is 0 Å². The second-order valence-corrected chi connectivity index (χ2v) is 5.15. The smallest absolute Gasteiger partial charge is 0.437 e. The molecule has 118 valence electrons. The minimum absolute atomic E-state index is 0.234. The van der Waals surface area contributed by atoms with Crippen LogP contribution in [-0.2, 0) is 9.47 Å². The highest BCUT2D eigenvalue weighted by Gasteiger charge is 2.33. The fourth-order valence-corrected chi connectivity index (χ4v) is 2.73. The van der Waals surface area contributed by atoms with E-state index in [1.807, 2.05) is 30.3 Å². The summed E-state index contributed by atoms with van der Waals surface area (Å²) in [6.45, 7) is 1.79. The van der Waals surface area contributed by atoms with Crippen molar-refractivity contribution in [3.63, 3.8) is 0 Å². The zero-order valence-electron chi connectivity index (χ0n) is 12.8. The van der Waals surface area contributed by atoms with Crippen molar-refractivity contribution in [2.75, 3.05) is 12.4 Å². The Morgan fingerprint density at radius 1 is 1.17 bits per heavy atom. The molecule has 0 saturated carbocycles. The Morgan fingerprint density at radius 2 is 1.91 bits per heavy atom. The molecule has 2 aromatic rings. The third kappa shape index (κ3) is 2.70. The first-order valence-electron chi connectivity index (χ1n) is 7.12. The SMILES string of the molecule is COC(=O)OC1=C(C)Nc2cc[nH]c(=O)c2C1c1ccccc1. The molecule has 1 aliphatic heterocycles. The molecular formula is C17H16N2O4. The molecule has 0 radical (unpaired) electrons. The van der Waals surface area contributed by atoms with Crippen LogP contribution in [-0.4, -0.2) is 18.2 Å². The molecule has 0 aliphatic carbocycles. The maximum atomic E-state index is 12.4. The molecule has 0 bridgehead atoms. The third-order valence-corrected chi connectivity index (χ3v) is 3.73. The quantitative estimate of drug-likeness (QED) is 0.833. The number of carbonyl (C=O) groups excluding carboxylic acids is 1. The molecule has 0 saturated heterocycles. The maximum absolute atomic E-state index is 12.4. The van der Waals surface area contributed by atoms with Crippen molar-refractivity contribution >= 4 is 11.8 Å². The first-order valence-corrected chi connectivity index (χ1v) is 7.12. The van der Waals surface area contributed by atoms with Gasteiger partial charge in [0.2, 0.25) is 0 Å². The van der Waals surface area contributed by atoms with Crippen molar-refractivity contribution < 1.29 is 14.3 Å². The van der Waals surface area contributed by atoms with Crippen molar-refractivity contribution in [3.8, 4) is 0 Å². The summed E-state index contributed by atoms with van der Waals surface area (Å²) in [6, 6.07) is 11.2. The van der Waals surface area contributed by atoms with Crippen LogP contribution >= 0.6 is 0 Å². The second-order valence-electron chi connectivity index (χ2n) is 5.15. The highest BCUT2D eigenvalue weighted by atomic mass is 16.7. The minimum Gasteiger partial charge on any atom is -0.437 e. The van der Waals surface area contributed by atoms with Crippen LogP contribution in [0.3, 0.4) is 0 Å². The maximum Gasteiger partial charge on any atom is 0.513 e. The van der Waals surface area contributed by atoms with Crippen LogP contribution in [0.4, 0.5) is 10.5 Å². The van der Waals surface area contributed by atoms with Gasteiger partial charge in [-0.1, -0.05) is 30.3 Å². The fraction of sp³-hybridized carbons (Fsp3) is 0.176. The zero-order valence-corrected chi connectivity index (χ0v) is 12.8. The van der Waals surface area contributed by atoms with Gasteiger partial charge in [0.15, 0.2) is 0 Å². The van der Waals surface area contributed by atoms with Crippen LogP contribution in [0.1, 0.15) is 24.0 Å². The normalized spacial score (nSPS) is 16.3. The van der Waals surface area contributed by atoms with E-state index in [-0.39, 0.29) is 5.56 Å². The third-order valence-electron chi connectivity index (χ3n) is 3.73. The molecular weight excluding hydrogens is 296 g/mol. The Balaban J connectivity index is 2.20. The number of benzene rings is 1. The van der Waals surface area contributed by atoms with Crippen LogP contribution in [0.2, 0.25) is 0 Å². The predicted octanol–water partition coefficient (Wildman–Crippen LogP) is 2.95. The lowest BCUT2D eigenvalue weighted by molar-refractivity contribution is 0.0929. The van der Waals surface area contributed by atoms with Gasteiger partial charge in [0, 0.05) is 11.9 Å². The lowest BCUT2D eigenvalue weighted by atomic mass is 9.86. The molecule has 6 nitrogen and oxygen atoms in total. The number of rotatable bonds is 2. The summed E-state index contributed by atoms with van der Waals surface area (Å²) in [4.78, 5) is 26.6. The standard InChI is InChI=1S/C17H16N2O4/c1-10-15(23-17(21)22-2)13(11-6-4-3-5-7-11)14-12(19-10)8-9-18-16(14)20/h3-9,13,19H,1-2H3,(H,18,20). The number of ether oxygens (including phenoxy) is 2. The van der Waals surface area contributed by atoms with Crippen LogP contribution in [0, 0.1) is 0 Å². The summed E-state index contributed by atoms with van der Waals surface area (Å²) in [5.41, 5.74) is 2.47. The molecule has 1 aromatic carbocycles. The number of aromatic nitrogens is 1. The number of aromatic amines is 1. The monoisotopic (exact) mass is 312 g/mol. The van der Waals surface area contributed by atoms with E-state index in [9.17, 15) is 9.59 Å². The van der Waals surface area contributed by atoms with E-state index in [1.165, 1.54) is 7.11 Å². The number of carbonyl (C=O) groups is 1. The summed E-state index contributed by atoms with van der Waals surface area (Å²) in [6.07, 6.45) is 0.758. The second kappa shape index (κ2) is 6.00. The Kier molecular flexibility index (Phi) is 3.89. The van der Waals surface area contributed by atoms with Crippen LogP contribution in [0.25, 0.3) is 0 Å². The number of allylic oxidation sites excluding steroid dienone is 2. The molecule has 3 rings (SSSR count). The largest absolute Gasteiger partial charge is 0.513 e. The fourth-order valence-electron chi connectivity index (χ4n) is 2.73. The number of methoxy groups -OCH3 is 1. The van der Waals surface area contributed by atoms with Crippen molar-refractivity contribution in [2.45, 2.75) is 12.8 Å². The van der Waals surface area contributed by atoms with Gasteiger partial charge < -0.3 is 19.8 Å². The van der Waals surface area contributed by atoms with Crippen molar-refractivity contribution in [1.82, 2.24) is 4.98 Å². The first-order chi connectivity index (χ1) is 11.1. The molecule has 2 N–H and O–H groups in total. The van der Waals surface area contributed by atoms with Crippen molar-refractivity contribution in [1.29, 1.82) is 0 Å². The molecule has 0 spiro atoms. The summed E-state index contributed by atoms with van der Waals surface area (Å²) >= 11 is 0. The molecule has 2 heterocycles. The van der Waals surface area contributed by atoms with E-state index in [0.29, 0.717) is 22.7 Å². The molecule has 0 amide bonds. The lowest BCUT2D eigenvalue weighted by Crippen LogP contribution is -2.27. The van der Waals surface area contributed by atoms with E-state index >= 15 is 0 Å². The summed E-state index contributed by atoms with van der Waals surface area (Å²) in [5.74, 6) is -0.135. The first kappa shape index (κ1) is 14.9. The van der Waals surface area contributed by atoms with Gasteiger partial charge in [-0.3, -0.25) is 4.79 Å².